The van der Waals surface area contributed by atoms with E-state index in [-0.39, 0.29) is 5.91 Å². The average molecular weight is 344 g/mol. The number of anilines is 1. The van der Waals surface area contributed by atoms with Crippen LogP contribution in [0.25, 0.3) is 0 Å². The minimum atomic E-state index is -0.155. The minimum absolute atomic E-state index is 0.155. The van der Waals surface area contributed by atoms with Gasteiger partial charge in [0.15, 0.2) is 0 Å². The van der Waals surface area contributed by atoms with E-state index in [1.807, 2.05) is 36.4 Å². The van der Waals surface area contributed by atoms with E-state index in [0.717, 1.165) is 30.3 Å². The van der Waals surface area contributed by atoms with E-state index in [4.69, 9.17) is 11.6 Å². The first kappa shape index (κ1) is 16.8. The van der Waals surface area contributed by atoms with Crippen molar-refractivity contribution in [3.05, 3.63) is 58.9 Å². The van der Waals surface area contributed by atoms with Gasteiger partial charge in [0.2, 0.25) is 0 Å². The van der Waals surface area contributed by atoms with Gasteiger partial charge in [0.05, 0.1) is 0 Å². The van der Waals surface area contributed by atoms with Gasteiger partial charge in [-0.2, -0.15) is 0 Å². The number of nitrogens with zero attached hydrogens (tertiary/aromatic N) is 2. The third kappa shape index (κ3) is 4.26. The lowest BCUT2D eigenvalue weighted by Crippen LogP contribution is -2.33. The lowest BCUT2D eigenvalue weighted by molar-refractivity contribution is 0.0946. The normalized spacial score (nSPS) is 15.3. The Hall–Kier alpha value is -2.07. The van der Waals surface area contributed by atoms with Crippen molar-refractivity contribution >= 4 is 23.2 Å². The molecule has 1 N–H and O–H groups in total. The van der Waals surface area contributed by atoms with Crippen LogP contribution in [0.2, 0.25) is 5.02 Å². The highest BCUT2D eigenvalue weighted by Gasteiger charge is 2.17. The number of aromatic nitrogens is 1. The van der Waals surface area contributed by atoms with Crippen molar-refractivity contribution in [2.24, 2.45) is 5.92 Å². The summed E-state index contributed by atoms with van der Waals surface area (Å²) >= 11 is 5.87. The fourth-order valence-corrected chi connectivity index (χ4v) is 3.01. The zero-order valence-corrected chi connectivity index (χ0v) is 14.6. The molecule has 1 saturated heterocycles. The molecule has 0 atom stereocenters. The Bertz CT molecular complexity index is 694. The van der Waals surface area contributed by atoms with Crippen LogP contribution in [-0.2, 0) is 6.54 Å². The summed E-state index contributed by atoms with van der Waals surface area (Å²) in [6.45, 7) is 4.83. The van der Waals surface area contributed by atoms with E-state index in [9.17, 15) is 4.79 Å². The number of halogens is 1. The first-order valence-corrected chi connectivity index (χ1v) is 8.73. The molecule has 1 aromatic carbocycles. The Morgan fingerprint density at radius 2 is 1.96 bits per heavy atom. The second-order valence-electron chi connectivity index (χ2n) is 6.38. The summed E-state index contributed by atoms with van der Waals surface area (Å²) < 4.78 is 0. The van der Waals surface area contributed by atoms with Gasteiger partial charge < -0.3 is 10.2 Å². The van der Waals surface area contributed by atoms with Gasteiger partial charge in [-0.05, 0) is 48.6 Å². The second kappa shape index (κ2) is 7.67. The molecule has 24 heavy (non-hydrogen) atoms. The molecule has 5 heteroatoms. The second-order valence-corrected chi connectivity index (χ2v) is 6.81. The van der Waals surface area contributed by atoms with Crippen LogP contribution in [0, 0.1) is 5.92 Å². The summed E-state index contributed by atoms with van der Waals surface area (Å²) in [6, 6.07) is 11.3. The molecule has 4 nitrogen and oxygen atoms in total. The van der Waals surface area contributed by atoms with Gasteiger partial charge in [-0.25, -0.2) is 0 Å². The molecule has 0 bridgehead atoms. The highest BCUT2D eigenvalue weighted by atomic mass is 35.5. The number of hydrogen-bond donors (Lipinski definition) is 1. The van der Waals surface area contributed by atoms with Crippen LogP contribution >= 0.6 is 11.6 Å². The fourth-order valence-electron chi connectivity index (χ4n) is 2.88. The molecular formula is C19H22ClN3O. The summed E-state index contributed by atoms with van der Waals surface area (Å²) in [5.74, 6) is 0.627. The molecule has 0 unspecified atom stereocenters. The number of amides is 1. The maximum atomic E-state index is 12.4. The molecular weight excluding hydrogens is 322 g/mol. The van der Waals surface area contributed by atoms with Crippen LogP contribution in [0.15, 0.2) is 42.6 Å². The van der Waals surface area contributed by atoms with Crippen molar-refractivity contribution < 1.29 is 4.79 Å². The summed E-state index contributed by atoms with van der Waals surface area (Å²) in [5, 5.41) is 3.60. The number of carbonyl (C=O) groups excluding carboxylic acids is 1. The first-order chi connectivity index (χ1) is 11.6. The smallest absolute Gasteiger partial charge is 0.270 e. The number of hydrogen-bond acceptors (Lipinski definition) is 3. The Morgan fingerprint density at radius 3 is 2.67 bits per heavy atom. The molecule has 1 aromatic heterocycles. The minimum Gasteiger partial charge on any atom is -0.371 e. The molecule has 1 fully saturated rings. The zero-order chi connectivity index (χ0) is 16.9. The molecule has 0 radical (unpaired) electrons. The van der Waals surface area contributed by atoms with Crippen LogP contribution in [0.5, 0.6) is 0 Å². The van der Waals surface area contributed by atoms with Crippen molar-refractivity contribution in [3.8, 4) is 0 Å². The Balaban J connectivity index is 1.62. The summed E-state index contributed by atoms with van der Waals surface area (Å²) in [7, 11) is 0. The van der Waals surface area contributed by atoms with Gasteiger partial charge in [-0.15, -0.1) is 0 Å². The molecule has 2 heterocycles. The molecule has 1 aliphatic rings. The molecule has 126 valence electrons. The van der Waals surface area contributed by atoms with Crippen LogP contribution in [0.1, 0.15) is 35.8 Å². The van der Waals surface area contributed by atoms with Gasteiger partial charge in [-0.3, -0.25) is 9.78 Å². The van der Waals surface area contributed by atoms with Crippen molar-refractivity contribution in [1.29, 1.82) is 0 Å². The fraction of sp³-hybridized carbons (Fsp3) is 0.368. The van der Waals surface area contributed by atoms with Gasteiger partial charge in [0.25, 0.3) is 5.91 Å². The Kier molecular flexibility index (Phi) is 5.36. The average Bonchev–Trinajstić information content (AvgIpc) is 2.62. The summed E-state index contributed by atoms with van der Waals surface area (Å²) in [6.07, 6.45) is 4.10. The highest BCUT2D eigenvalue weighted by molar-refractivity contribution is 6.30. The molecule has 2 aromatic rings. The summed E-state index contributed by atoms with van der Waals surface area (Å²) in [4.78, 5) is 18.9. The standard InChI is InChI=1S/C19H22ClN3O/c1-14-7-10-23(11-8-14)17-6-9-21-18(12-17)19(24)22-13-15-2-4-16(20)5-3-15/h2-6,9,12,14H,7-8,10-11,13H2,1H3,(H,22,24). The van der Waals surface area contributed by atoms with Crippen LogP contribution in [0.3, 0.4) is 0 Å². The molecule has 0 spiro atoms. The monoisotopic (exact) mass is 343 g/mol. The van der Waals surface area contributed by atoms with E-state index in [2.05, 4.69) is 22.1 Å². The zero-order valence-electron chi connectivity index (χ0n) is 13.8. The number of rotatable bonds is 4. The van der Waals surface area contributed by atoms with Gasteiger partial charge in [0.1, 0.15) is 5.69 Å². The van der Waals surface area contributed by atoms with Crippen LogP contribution in [0.4, 0.5) is 5.69 Å². The third-order valence-corrected chi connectivity index (χ3v) is 4.74. The van der Waals surface area contributed by atoms with Gasteiger partial charge >= 0.3 is 0 Å². The van der Waals surface area contributed by atoms with Gasteiger partial charge in [0, 0.05) is 36.5 Å². The third-order valence-electron chi connectivity index (χ3n) is 4.49. The predicted molar refractivity (Wildman–Crippen MR) is 97.5 cm³/mol. The van der Waals surface area contributed by atoms with E-state index >= 15 is 0 Å². The Morgan fingerprint density at radius 1 is 1.25 bits per heavy atom. The highest BCUT2D eigenvalue weighted by Crippen LogP contribution is 2.23. The quantitative estimate of drug-likeness (QED) is 0.915. The van der Waals surface area contributed by atoms with E-state index in [1.54, 1.807) is 6.20 Å². The topological polar surface area (TPSA) is 45.2 Å². The predicted octanol–water partition coefficient (Wildman–Crippen LogP) is 3.90. The molecule has 0 saturated carbocycles. The van der Waals surface area contributed by atoms with E-state index in [1.165, 1.54) is 12.8 Å². The maximum absolute atomic E-state index is 12.4. The number of piperidine rings is 1. The molecule has 3 rings (SSSR count). The first-order valence-electron chi connectivity index (χ1n) is 8.35. The van der Waals surface area contributed by atoms with Crippen molar-refractivity contribution in [2.75, 3.05) is 18.0 Å². The SMILES string of the molecule is CC1CCN(c2ccnc(C(=O)NCc3ccc(Cl)cc3)c2)CC1. The van der Waals surface area contributed by atoms with Crippen molar-refractivity contribution in [3.63, 3.8) is 0 Å². The van der Waals surface area contributed by atoms with Crippen molar-refractivity contribution in [2.45, 2.75) is 26.3 Å². The lowest BCUT2D eigenvalue weighted by atomic mass is 9.99. The Labute approximate surface area is 147 Å². The largest absolute Gasteiger partial charge is 0.371 e. The molecule has 1 amide bonds. The van der Waals surface area contributed by atoms with E-state index in [0.29, 0.717) is 17.3 Å². The van der Waals surface area contributed by atoms with Crippen LogP contribution < -0.4 is 10.2 Å². The lowest BCUT2D eigenvalue weighted by Gasteiger charge is -2.32. The summed E-state index contributed by atoms with van der Waals surface area (Å²) in [5.41, 5.74) is 2.54. The molecule has 0 aliphatic carbocycles. The van der Waals surface area contributed by atoms with Crippen molar-refractivity contribution in [1.82, 2.24) is 10.3 Å². The number of nitrogens with one attached hydrogen (secondary N) is 1. The van der Waals surface area contributed by atoms with Gasteiger partial charge in [-0.1, -0.05) is 30.7 Å². The number of carbonyl (C=O) groups is 1. The maximum Gasteiger partial charge on any atom is 0.270 e. The van der Waals surface area contributed by atoms with E-state index < -0.39 is 0 Å². The van der Waals surface area contributed by atoms with Crippen LogP contribution in [-0.4, -0.2) is 24.0 Å². The number of pyridine rings is 1. The number of benzene rings is 1. The molecule has 1 aliphatic heterocycles.